The van der Waals surface area contributed by atoms with Gasteiger partial charge in [-0.2, -0.15) is 0 Å². The van der Waals surface area contributed by atoms with Crippen LogP contribution in [0.5, 0.6) is 0 Å². The first kappa shape index (κ1) is 14.3. The second-order valence-corrected chi connectivity index (χ2v) is 4.62. The molecule has 0 saturated heterocycles. The van der Waals surface area contributed by atoms with Crippen LogP contribution in [0.1, 0.15) is 33.9 Å². The van der Waals surface area contributed by atoms with Gasteiger partial charge in [-0.3, -0.25) is 4.79 Å². The fourth-order valence-corrected chi connectivity index (χ4v) is 2.51. The molecule has 0 spiro atoms. The molecule has 0 aliphatic heterocycles. The molecule has 100 valence electrons. The van der Waals surface area contributed by atoms with Crippen LogP contribution in [0, 0.1) is 0 Å². The Labute approximate surface area is 110 Å². The average Bonchev–Trinajstić information content (AvgIpc) is 2.66. The number of ether oxygens (including phenoxy) is 1. The number of thiophene rings is 1. The Kier molecular flexibility index (Phi) is 4.55. The van der Waals surface area contributed by atoms with Gasteiger partial charge in [0.05, 0.1) is 12.3 Å². The minimum absolute atomic E-state index is 0.0984. The second-order valence-electron chi connectivity index (χ2n) is 3.62. The van der Waals surface area contributed by atoms with Crippen LogP contribution in [0.15, 0.2) is 0 Å². The third-order valence-corrected chi connectivity index (χ3v) is 3.79. The minimum Gasteiger partial charge on any atom is -0.462 e. The third kappa shape index (κ3) is 2.56. The lowest BCUT2D eigenvalue weighted by Gasteiger charge is -2.16. The first-order valence-electron chi connectivity index (χ1n) is 5.54. The molecular formula is C11H17N3O3S. The van der Waals surface area contributed by atoms with Crippen LogP contribution < -0.4 is 16.4 Å². The van der Waals surface area contributed by atoms with E-state index in [1.165, 1.54) is 0 Å². The molecule has 0 aromatic carbocycles. The number of nitrogen functional groups attached to an aromatic ring is 1. The lowest BCUT2D eigenvalue weighted by molar-refractivity contribution is 0.0529. The van der Waals surface area contributed by atoms with Crippen molar-refractivity contribution in [1.29, 1.82) is 0 Å². The molecule has 0 aliphatic carbocycles. The molecule has 1 heterocycles. The van der Waals surface area contributed by atoms with E-state index in [4.69, 9.17) is 16.2 Å². The topological polar surface area (TPSA) is 98.6 Å². The number of anilines is 2. The van der Waals surface area contributed by atoms with E-state index in [0.717, 1.165) is 11.3 Å². The Bertz CT molecular complexity index is 470. The van der Waals surface area contributed by atoms with Gasteiger partial charge < -0.3 is 21.1 Å². The summed E-state index contributed by atoms with van der Waals surface area (Å²) in [5, 5.41) is 0.599. The van der Waals surface area contributed by atoms with E-state index in [0.29, 0.717) is 11.5 Å². The second kappa shape index (κ2) is 5.72. The van der Waals surface area contributed by atoms with E-state index >= 15 is 0 Å². The van der Waals surface area contributed by atoms with Crippen molar-refractivity contribution in [2.75, 3.05) is 30.8 Å². The zero-order valence-electron chi connectivity index (χ0n) is 10.6. The van der Waals surface area contributed by atoms with Crippen LogP contribution in [0.3, 0.4) is 0 Å². The number of nitrogens with zero attached hydrogens (tertiary/aromatic N) is 1. The number of hydrogen-bond donors (Lipinski definition) is 2. The number of rotatable bonds is 5. The molecule has 0 atom stereocenters. The van der Waals surface area contributed by atoms with Crippen molar-refractivity contribution in [3.05, 3.63) is 10.4 Å². The molecule has 7 heteroatoms. The number of nitrogens with two attached hydrogens (primary N) is 2. The van der Waals surface area contributed by atoms with Gasteiger partial charge in [-0.15, -0.1) is 11.3 Å². The van der Waals surface area contributed by atoms with Crippen molar-refractivity contribution in [2.45, 2.75) is 13.8 Å². The molecule has 1 rings (SSSR count). The van der Waals surface area contributed by atoms with Crippen LogP contribution in [0.2, 0.25) is 0 Å². The van der Waals surface area contributed by atoms with Crippen LogP contribution >= 0.6 is 11.3 Å². The summed E-state index contributed by atoms with van der Waals surface area (Å²) in [5.41, 5.74) is 11.4. The van der Waals surface area contributed by atoms with Gasteiger partial charge in [-0.05, 0) is 13.8 Å². The normalized spacial score (nSPS) is 10.2. The standard InChI is InChI=1S/C11H17N3O3S/c1-4-14(3)10-6(11(16)17-5-2)7(12)8(18-10)9(13)15/h4-5,12H2,1-3H3,(H2,13,15). The summed E-state index contributed by atoms with van der Waals surface area (Å²) in [7, 11) is 1.80. The molecular weight excluding hydrogens is 254 g/mol. The van der Waals surface area contributed by atoms with Crippen molar-refractivity contribution in [1.82, 2.24) is 0 Å². The molecule has 0 aliphatic rings. The van der Waals surface area contributed by atoms with E-state index in [1.807, 2.05) is 11.8 Å². The van der Waals surface area contributed by atoms with Gasteiger partial charge in [-0.25, -0.2) is 4.79 Å². The molecule has 0 radical (unpaired) electrons. The highest BCUT2D eigenvalue weighted by atomic mass is 32.1. The number of amides is 1. The molecule has 0 bridgehead atoms. The SMILES string of the molecule is CCOC(=O)c1c(N(C)CC)sc(C(N)=O)c1N. The zero-order valence-corrected chi connectivity index (χ0v) is 11.5. The van der Waals surface area contributed by atoms with E-state index in [9.17, 15) is 9.59 Å². The maximum absolute atomic E-state index is 11.9. The van der Waals surface area contributed by atoms with Crippen LogP contribution in [0.25, 0.3) is 0 Å². The lowest BCUT2D eigenvalue weighted by atomic mass is 10.2. The highest BCUT2D eigenvalue weighted by molar-refractivity contribution is 7.19. The fraction of sp³-hybridized carbons (Fsp3) is 0.455. The summed E-state index contributed by atoms with van der Waals surface area (Å²) in [6, 6.07) is 0. The van der Waals surface area contributed by atoms with Gasteiger partial charge in [0.1, 0.15) is 15.4 Å². The summed E-state index contributed by atoms with van der Waals surface area (Å²) < 4.78 is 4.95. The number of primary amides is 1. The van der Waals surface area contributed by atoms with Gasteiger partial charge in [0.2, 0.25) is 0 Å². The van der Waals surface area contributed by atoms with E-state index in [1.54, 1.807) is 14.0 Å². The molecule has 1 aromatic heterocycles. The highest BCUT2D eigenvalue weighted by Gasteiger charge is 2.26. The van der Waals surface area contributed by atoms with E-state index in [-0.39, 0.29) is 22.7 Å². The summed E-state index contributed by atoms with van der Waals surface area (Å²) in [4.78, 5) is 25.1. The Morgan fingerprint density at radius 3 is 2.44 bits per heavy atom. The maximum atomic E-state index is 11.9. The van der Waals surface area contributed by atoms with Crippen molar-refractivity contribution < 1.29 is 14.3 Å². The van der Waals surface area contributed by atoms with Crippen molar-refractivity contribution in [3.8, 4) is 0 Å². The molecule has 1 aromatic rings. The van der Waals surface area contributed by atoms with Gasteiger partial charge >= 0.3 is 5.97 Å². The van der Waals surface area contributed by atoms with Crippen LogP contribution in [-0.4, -0.2) is 32.1 Å². The first-order valence-corrected chi connectivity index (χ1v) is 6.35. The predicted octanol–water partition coefficient (Wildman–Crippen LogP) is 1.06. The Morgan fingerprint density at radius 2 is 2.00 bits per heavy atom. The molecule has 0 unspecified atom stereocenters. The van der Waals surface area contributed by atoms with E-state index < -0.39 is 11.9 Å². The predicted molar refractivity (Wildman–Crippen MR) is 72.1 cm³/mol. The molecule has 0 fully saturated rings. The van der Waals surface area contributed by atoms with Crippen LogP contribution in [0.4, 0.5) is 10.7 Å². The molecule has 1 amide bonds. The van der Waals surface area contributed by atoms with Crippen molar-refractivity contribution in [3.63, 3.8) is 0 Å². The van der Waals surface area contributed by atoms with Crippen molar-refractivity contribution >= 4 is 33.9 Å². The summed E-state index contributed by atoms with van der Waals surface area (Å²) in [6.07, 6.45) is 0. The quantitative estimate of drug-likeness (QED) is 0.780. The van der Waals surface area contributed by atoms with Gasteiger partial charge in [0, 0.05) is 13.6 Å². The number of esters is 1. The lowest BCUT2D eigenvalue weighted by Crippen LogP contribution is -2.18. The molecule has 0 saturated carbocycles. The highest BCUT2D eigenvalue weighted by Crippen LogP contribution is 2.38. The van der Waals surface area contributed by atoms with Crippen LogP contribution in [-0.2, 0) is 4.74 Å². The molecule has 18 heavy (non-hydrogen) atoms. The molecule has 6 nitrogen and oxygen atoms in total. The smallest absolute Gasteiger partial charge is 0.343 e. The number of carbonyl (C=O) groups is 2. The first-order chi connectivity index (χ1) is 8.43. The Hall–Kier alpha value is -1.76. The summed E-state index contributed by atoms with van der Waals surface area (Å²) in [6.45, 7) is 4.55. The molecule has 4 N–H and O–H groups in total. The van der Waals surface area contributed by atoms with Crippen molar-refractivity contribution in [2.24, 2.45) is 5.73 Å². The Morgan fingerprint density at radius 1 is 1.39 bits per heavy atom. The summed E-state index contributed by atoms with van der Waals surface area (Å²) in [5.74, 6) is -1.17. The minimum atomic E-state index is -0.640. The van der Waals surface area contributed by atoms with Gasteiger partial charge in [0.15, 0.2) is 0 Å². The average molecular weight is 271 g/mol. The summed E-state index contributed by atoms with van der Waals surface area (Å²) >= 11 is 1.11. The zero-order chi connectivity index (χ0) is 13.9. The monoisotopic (exact) mass is 271 g/mol. The number of carbonyl (C=O) groups excluding carboxylic acids is 2. The maximum Gasteiger partial charge on any atom is 0.343 e. The van der Waals surface area contributed by atoms with Gasteiger partial charge in [-0.1, -0.05) is 0 Å². The largest absolute Gasteiger partial charge is 0.462 e. The van der Waals surface area contributed by atoms with Gasteiger partial charge in [0.25, 0.3) is 5.91 Å². The fourth-order valence-electron chi connectivity index (χ4n) is 1.43. The van der Waals surface area contributed by atoms with E-state index in [2.05, 4.69) is 0 Å². The number of hydrogen-bond acceptors (Lipinski definition) is 6. The third-order valence-electron chi connectivity index (χ3n) is 2.45. The Balaban J connectivity index is 3.35.